The molecule has 0 bridgehead atoms. The fourth-order valence-electron chi connectivity index (χ4n) is 1.64. The fraction of sp³-hybridized carbons (Fsp3) is 0.167. The largest absolute Gasteiger partial charge is 0.480 e. The van der Waals surface area contributed by atoms with Crippen molar-refractivity contribution in [1.82, 2.24) is 9.78 Å². The lowest BCUT2D eigenvalue weighted by Crippen LogP contribution is -2.23. The van der Waals surface area contributed by atoms with Crippen LogP contribution in [0.2, 0.25) is 0 Å². The molecule has 1 aromatic heterocycles. The van der Waals surface area contributed by atoms with Gasteiger partial charge >= 0.3 is 5.69 Å². The molecule has 0 spiro atoms. The van der Waals surface area contributed by atoms with Crippen LogP contribution in [0.4, 0.5) is 10.1 Å². The number of rotatable bonds is 4. The third-order valence-corrected chi connectivity index (χ3v) is 2.63. The maximum atomic E-state index is 13.9. The zero-order valence-corrected chi connectivity index (χ0v) is 10.4. The molecule has 0 amide bonds. The number of ether oxygens (including phenoxy) is 1. The number of nitrogens with zero attached hydrogens (tertiary/aromatic N) is 3. The Balaban J connectivity index is 2.42. The molecule has 2 rings (SSSR count). The molecule has 1 heterocycles. The van der Waals surface area contributed by atoms with Crippen LogP contribution in [-0.2, 0) is 6.54 Å². The summed E-state index contributed by atoms with van der Waals surface area (Å²) in [4.78, 5) is 21.4. The van der Waals surface area contributed by atoms with Gasteiger partial charge in [-0.15, -0.1) is 5.10 Å². The topological polar surface area (TPSA) is 87.3 Å². The third kappa shape index (κ3) is 2.63. The molecule has 8 heteroatoms. The summed E-state index contributed by atoms with van der Waals surface area (Å²) in [5, 5.41) is 14.5. The Labute approximate surface area is 112 Å². The second-order valence-corrected chi connectivity index (χ2v) is 3.88. The van der Waals surface area contributed by atoms with E-state index >= 15 is 0 Å². The molecule has 1 aromatic carbocycles. The summed E-state index contributed by atoms with van der Waals surface area (Å²) in [5.74, 6) is -0.788. The van der Waals surface area contributed by atoms with Crippen LogP contribution in [0.15, 0.2) is 35.1 Å². The van der Waals surface area contributed by atoms with Crippen molar-refractivity contribution in [3.63, 3.8) is 0 Å². The SMILES string of the molecule is COc1ccc(=O)n(Cc2cccc([N+](=O)[O-])c2F)n1. The first kappa shape index (κ1) is 13.7. The van der Waals surface area contributed by atoms with Gasteiger partial charge in [0.25, 0.3) is 5.56 Å². The lowest BCUT2D eigenvalue weighted by Gasteiger charge is -2.07. The standard InChI is InChI=1S/C12H10FN3O4/c1-20-10-5-6-11(17)15(14-10)7-8-3-2-4-9(12(8)13)16(18)19/h2-6H,7H2,1H3. The van der Waals surface area contributed by atoms with Crippen LogP contribution in [0.3, 0.4) is 0 Å². The Hall–Kier alpha value is -2.77. The molecule has 0 saturated carbocycles. The molecule has 104 valence electrons. The quantitative estimate of drug-likeness (QED) is 0.622. The number of nitro benzene ring substituents is 1. The molecule has 0 aliphatic rings. The van der Waals surface area contributed by atoms with E-state index in [1.54, 1.807) is 0 Å². The monoisotopic (exact) mass is 279 g/mol. The van der Waals surface area contributed by atoms with Gasteiger partial charge in [0.2, 0.25) is 11.7 Å². The van der Waals surface area contributed by atoms with E-state index in [1.165, 1.54) is 31.4 Å². The van der Waals surface area contributed by atoms with Crippen LogP contribution >= 0.6 is 0 Å². The molecule has 20 heavy (non-hydrogen) atoms. The summed E-state index contributed by atoms with van der Waals surface area (Å²) >= 11 is 0. The van der Waals surface area contributed by atoms with Crippen molar-refractivity contribution in [3.05, 3.63) is 62.2 Å². The van der Waals surface area contributed by atoms with Crippen molar-refractivity contribution in [1.29, 1.82) is 0 Å². The van der Waals surface area contributed by atoms with Gasteiger partial charge in [0, 0.05) is 23.8 Å². The number of methoxy groups -OCH3 is 1. The van der Waals surface area contributed by atoms with Crippen molar-refractivity contribution in [3.8, 4) is 5.88 Å². The first-order chi connectivity index (χ1) is 9.52. The van der Waals surface area contributed by atoms with Crippen molar-refractivity contribution >= 4 is 5.69 Å². The number of benzene rings is 1. The van der Waals surface area contributed by atoms with Crippen LogP contribution in [0.25, 0.3) is 0 Å². The molecular weight excluding hydrogens is 269 g/mol. The van der Waals surface area contributed by atoms with Crippen molar-refractivity contribution < 1.29 is 14.1 Å². The molecule has 0 unspecified atom stereocenters. The molecule has 0 atom stereocenters. The molecular formula is C12H10FN3O4. The van der Waals surface area contributed by atoms with E-state index in [0.717, 1.165) is 10.7 Å². The highest BCUT2D eigenvalue weighted by Crippen LogP contribution is 2.20. The van der Waals surface area contributed by atoms with Gasteiger partial charge in [-0.1, -0.05) is 12.1 Å². The maximum absolute atomic E-state index is 13.9. The van der Waals surface area contributed by atoms with Crippen molar-refractivity contribution in [2.75, 3.05) is 7.11 Å². The van der Waals surface area contributed by atoms with E-state index in [4.69, 9.17) is 4.74 Å². The van der Waals surface area contributed by atoms with E-state index in [0.29, 0.717) is 0 Å². The van der Waals surface area contributed by atoms with Crippen molar-refractivity contribution in [2.24, 2.45) is 0 Å². The first-order valence-electron chi connectivity index (χ1n) is 5.57. The summed E-state index contributed by atoms with van der Waals surface area (Å²) in [6, 6.07) is 6.36. The summed E-state index contributed by atoms with van der Waals surface area (Å²) in [5.41, 5.74) is -1.10. The van der Waals surface area contributed by atoms with Gasteiger partial charge in [0.15, 0.2) is 0 Å². The highest BCUT2D eigenvalue weighted by molar-refractivity contribution is 5.36. The highest BCUT2D eigenvalue weighted by Gasteiger charge is 2.17. The predicted octanol–water partition coefficient (Wildman–Crippen LogP) is 1.35. The van der Waals surface area contributed by atoms with E-state index in [1.807, 2.05) is 0 Å². The van der Waals surface area contributed by atoms with E-state index in [9.17, 15) is 19.3 Å². The Bertz CT molecular complexity index is 714. The Morgan fingerprint density at radius 1 is 1.40 bits per heavy atom. The van der Waals surface area contributed by atoms with Crippen LogP contribution in [0, 0.1) is 15.9 Å². The average Bonchev–Trinajstić information content (AvgIpc) is 2.43. The van der Waals surface area contributed by atoms with E-state index in [2.05, 4.69) is 5.10 Å². The lowest BCUT2D eigenvalue weighted by atomic mass is 10.2. The van der Waals surface area contributed by atoms with Gasteiger partial charge in [-0.05, 0) is 0 Å². The van der Waals surface area contributed by atoms with Crippen molar-refractivity contribution in [2.45, 2.75) is 6.54 Å². The average molecular weight is 279 g/mol. The second-order valence-electron chi connectivity index (χ2n) is 3.88. The number of hydrogen-bond acceptors (Lipinski definition) is 5. The highest BCUT2D eigenvalue weighted by atomic mass is 19.1. The minimum absolute atomic E-state index is 0.00190. The zero-order chi connectivity index (χ0) is 14.7. The predicted molar refractivity (Wildman–Crippen MR) is 67.2 cm³/mol. The summed E-state index contributed by atoms with van der Waals surface area (Å²) < 4.78 is 19.7. The van der Waals surface area contributed by atoms with Gasteiger partial charge in [-0.3, -0.25) is 14.9 Å². The fourth-order valence-corrected chi connectivity index (χ4v) is 1.64. The maximum Gasteiger partial charge on any atom is 0.305 e. The molecule has 0 saturated heterocycles. The van der Waals surface area contributed by atoms with E-state index in [-0.39, 0.29) is 18.0 Å². The van der Waals surface area contributed by atoms with Gasteiger partial charge in [-0.25, -0.2) is 4.68 Å². The first-order valence-corrected chi connectivity index (χ1v) is 5.57. The molecule has 0 fully saturated rings. The molecule has 0 radical (unpaired) electrons. The molecule has 0 N–H and O–H groups in total. The number of nitro groups is 1. The number of aromatic nitrogens is 2. The van der Waals surface area contributed by atoms with E-state index < -0.39 is 22.0 Å². The van der Waals surface area contributed by atoms with Gasteiger partial charge in [-0.2, -0.15) is 4.39 Å². The third-order valence-electron chi connectivity index (χ3n) is 2.63. The molecule has 0 aliphatic heterocycles. The van der Waals surface area contributed by atoms with Crippen LogP contribution in [0.5, 0.6) is 5.88 Å². The smallest absolute Gasteiger partial charge is 0.305 e. The minimum Gasteiger partial charge on any atom is -0.480 e. The zero-order valence-electron chi connectivity index (χ0n) is 10.4. The number of halogens is 1. The Morgan fingerprint density at radius 3 is 2.80 bits per heavy atom. The summed E-state index contributed by atoms with van der Waals surface area (Å²) in [6.45, 7) is -0.219. The van der Waals surface area contributed by atoms with Gasteiger partial charge < -0.3 is 4.74 Å². The van der Waals surface area contributed by atoms with Crippen LogP contribution in [0.1, 0.15) is 5.56 Å². The molecule has 7 nitrogen and oxygen atoms in total. The second kappa shape index (κ2) is 5.47. The molecule has 2 aromatic rings. The minimum atomic E-state index is -0.978. The van der Waals surface area contributed by atoms with Crippen LogP contribution < -0.4 is 10.3 Å². The van der Waals surface area contributed by atoms with Gasteiger partial charge in [0.1, 0.15) is 0 Å². The summed E-state index contributed by atoms with van der Waals surface area (Å²) in [6.07, 6.45) is 0. The van der Waals surface area contributed by atoms with Gasteiger partial charge in [0.05, 0.1) is 18.6 Å². The number of hydrogen-bond donors (Lipinski definition) is 0. The normalized spacial score (nSPS) is 10.3. The Morgan fingerprint density at radius 2 is 2.15 bits per heavy atom. The van der Waals surface area contributed by atoms with Crippen LogP contribution in [-0.4, -0.2) is 21.8 Å². The molecule has 0 aliphatic carbocycles. The lowest BCUT2D eigenvalue weighted by molar-refractivity contribution is -0.387. The summed E-state index contributed by atoms with van der Waals surface area (Å²) in [7, 11) is 1.38. The Kier molecular flexibility index (Phi) is 3.74.